The van der Waals surface area contributed by atoms with Crippen molar-refractivity contribution in [2.45, 2.75) is 0 Å². The maximum Gasteiger partial charge on any atom is 0.350 e. The number of hydrogen-bond donors (Lipinski definition) is 1. The summed E-state index contributed by atoms with van der Waals surface area (Å²) in [4.78, 5) is 24.4. The molecule has 0 saturated carbocycles. The quantitative estimate of drug-likeness (QED) is 0.881. The lowest BCUT2D eigenvalue weighted by atomic mass is 10.3. The smallest absolute Gasteiger partial charge is 0.350 e. The first-order valence-electron chi connectivity index (χ1n) is 5.25. The molecule has 0 aliphatic heterocycles. The zero-order valence-electron chi connectivity index (χ0n) is 10.3. The summed E-state index contributed by atoms with van der Waals surface area (Å²) in [5.74, 6) is -0.112. The van der Waals surface area contributed by atoms with Crippen LogP contribution in [-0.2, 0) is 4.74 Å². The summed E-state index contributed by atoms with van der Waals surface area (Å²) in [5.41, 5.74) is 0.453. The molecule has 0 aliphatic rings. The van der Waals surface area contributed by atoms with E-state index in [1.165, 1.54) is 36.9 Å². The van der Waals surface area contributed by atoms with Crippen molar-refractivity contribution in [2.24, 2.45) is 0 Å². The molecule has 0 atom stereocenters. The van der Waals surface area contributed by atoms with Crippen molar-refractivity contribution >= 4 is 40.2 Å². The number of carbonyl (C=O) groups is 2. The van der Waals surface area contributed by atoms with Crippen LogP contribution in [-0.4, -0.2) is 26.1 Å². The predicted octanol–water partition coefficient (Wildman–Crippen LogP) is 2.86. The summed E-state index contributed by atoms with van der Waals surface area (Å²) in [5, 5.41) is 6.14. The fourth-order valence-electron chi connectivity index (χ4n) is 1.39. The van der Waals surface area contributed by atoms with Gasteiger partial charge in [-0.3, -0.25) is 4.79 Å². The summed E-state index contributed by atoms with van der Waals surface area (Å²) in [6.45, 7) is 0. The second kappa shape index (κ2) is 5.85. The standard InChI is InChI=1S/C12H11NO4S2/c1-16-7-5-9(19-6-7)11(14)13-8-3-4-18-10(8)12(15)17-2/h3-6H,1-2H3,(H,13,14). The Hall–Kier alpha value is -1.86. The van der Waals surface area contributed by atoms with Crippen LogP contribution in [0.1, 0.15) is 19.3 Å². The summed E-state index contributed by atoms with van der Waals surface area (Å²) < 4.78 is 9.66. The van der Waals surface area contributed by atoms with E-state index in [-0.39, 0.29) is 5.91 Å². The first-order valence-corrected chi connectivity index (χ1v) is 7.01. The molecule has 0 unspecified atom stereocenters. The topological polar surface area (TPSA) is 64.6 Å². The van der Waals surface area contributed by atoms with E-state index in [9.17, 15) is 9.59 Å². The third kappa shape index (κ3) is 2.94. The summed E-state index contributed by atoms with van der Waals surface area (Å²) in [6.07, 6.45) is 0. The van der Waals surface area contributed by atoms with Gasteiger partial charge in [0, 0.05) is 11.4 Å². The first-order chi connectivity index (χ1) is 9.15. The third-order valence-corrected chi connectivity index (χ3v) is 4.12. The van der Waals surface area contributed by atoms with E-state index in [1.54, 1.807) is 22.9 Å². The lowest BCUT2D eigenvalue weighted by Crippen LogP contribution is -2.12. The minimum absolute atomic E-state index is 0.281. The molecular weight excluding hydrogens is 286 g/mol. The van der Waals surface area contributed by atoms with E-state index < -0.39 is 5.97 Å². The number of anilines is 1. The van der Waals surface area contributed by atoms with Gasteiger partial charge in [0.2, 0.25) is 0 Å². The van der Waals surface area contributed by atoms with E-state index >= 15 is 0 Å². The number of rotatable bonds is 4. The Morgan fingerprint density at radius 1 is 1.26 bits per heavy atom. The fraction of sp³-hybridized carbons (Fsp3) is 0.167. The highest BCUT2D eigenvalue weighted by molar-refractivity contribution is 7.13. The molecule has 2 aromatic rings. The zero-order valence-corrected chi connectivity index (χ0v) is 11.9. The molecule has 5 nitrogen and oxygen atoms in total. The van der Waals surface area contributed by atoms with Crippen LogP contribution in [0, 0.1) is 0 Å². The molecule has 100 valence electrons. The second-order valence-corrected chi connectivity index (χ2v) is 5.29. The number of nitrogens with one attached hydrogen (secondary N) is 1. The van der Waals surface area contributed by atoms with Gasteiger partial charge in [0.1, 0.15) is 10.6 Å². The molecule has 19 heavy (non-hydrogen) atoms. The Kier molecular flexibility index (Phi) is 4.18. The van der Waals surface area contributed by atoms with Crippen molar-refractivity contribution in [1.82, 2.24) is 0 Å². The van der Waals surface area contributed by atoms with Crippen LogP contribution < -0.4 is 10.1 Å². The van der Waals surface area contributed by atoms with Gasteiger partial charge in [-0.15, -0.1) is 22.7 Å². The van der Waals surface area contributed by atoms with Gasteiger partial charge < -0.3 is 14.8 Å². The fourth-order valence-corrected chi connectivity index (χ4v) is 2.90. The van der Waals surface area contributed by atoms with Crippen molar-refractivity contribution in [3.05, 3.63) is 32.6 Å². The molecule has 2 heterocycles. The molecule has 1 amide bonds. The Morgan fingerprint density at radius 2 is 2.05 bits per heavy atom. The number of ether oxygens (including phenoxy) is 2. The molecule has 0 aromatic carbocycles. The van der Waals surface area contributed by atoms with Crippen LogP contribution in [0.5, 0.6) is 5.75 Å². The number of methoxy groups -OCH3 is 2. The van der Waals surface area contributed by atoms with Gasteiger partial charge in [-0.05, 0) is 11.4 Å². The van der Waals surface area contributed by atoms with Crippen molar-refractivity contribution in [3.63, 3.8) is 0 Å². The Labute approximate surface area is 117 Å². The van der Waals surface area contributed by atoms with Gasteiger partial charge in [-0.25, -0.2) is 4.79 Å². The van der Waals surface area contributed by atoms with Crippen molar-refractivity contribution < 1.29 is 19.1 Å². The van der Waals surface area contributed by atoms with Crippen molar-refractivity contribution in [3.8, 4) is 5.75 Å². The Balaban J connectivity index is 2.15. The summed E-state index contributed by atoms with van der Waals surface area (Å²) >= 11 is 2.49. The highest BCUT2D eigenvalue weighted by Gasteiger charge is 2.17. The minimum Gasteiger partial charge on any atom is -0.496 e. The largest absolute Gasteiger partial charge is 0.496 e. The number of amides is 1. The molecule has 2 aromatic heterocycles. The monoisotopic (exact) mass is 297 g/mol. The number of thiophene rings is 2. The maximum atomic E-state index is 12.0. The van der Waals surface area contributed by atoms with Gasteiger partial charge in [-0.2, -0.15) is 0 Å². The molecule has 7 heteroatoms. The van der Waals surface area contributed by atoms with Crippen molar-refractivity contribution in [1.29, 1.82) is 0 Å². The van der Waals surface area contributed by atoms with E-state index in [1.807, 2.05) is 0 Å². The van der Waals surface area contributed by atoms with E-state index in [2.05, 4.69) is 10.1 Å². The Morgan fingerprint density at radius 3 is 2.68 bits per heavy atom. The first kappa shape index (κ1) is 13.6. The highest BCUT2D eigenvalue weighted by Crippen LogP contribution is 2.26. The number of esters is 1. The highest BCUT2D eigenvalue weighted by atomic mass is 32.1. The maximum absolute atomic E-state index is 12.0. The molecule has 2 rings (SSSR count). The van der Waals surface area contributed by atoms with E-state index in [0.29, 0.717) is 21.2 Å². The van der Waals surface area contributed by atoms with Gasteiger partial charge in [0.05, 0.1) is 24.8 Å². The van der Waals surface area contributed by atoms with Crippen LogP contribution in [0.4, 0.5) is 5.69 Å². The number of hydrogen-bond acceptors (Lipinski definition) is 6. The summed E-state index contributed by atoms with van der Waals surface area (Å²) in [6, 6.07) is 3.31. The molecular formula is C12H11NO4S2. The molecule has 0 saturated heterocycles. The molecule has 0 bridgehead atoms. The molecule has 0 fully saturated rings. The molecule has 0 radical (unpaired) electrons. The van der Waals surface area contributed by atoms with Gasteiger partial charge >= 0.3 is 5.97 Å². The van der Waals surface area contributed by atoms with Crippen LogP contribution in [0.25, 0.3) is 0 Å². The molecule has 0 spiro atoms. The van der Waals surface area contributed by atoms with E-state index in [4.69, 9.17) is 4.74 Å². The molecule has 1 N–H and O–H groups in total. The summed E-state index contributed by atoms with van der Waals surface area (Å²) in [7, 11) is 2.84. The predicted molar refractivity (Wildman–Crippen MR) is 74.5 cm³/mol. The van der Waals surface area contributed by atoms with Crippen LogP contribution >= 0.6 is 22.7 Å². The average Bonchev–Trinajstić information content (AvgIpc) is 3.06. The van der Waals surface area contributed by atoms with Gasteiger partial charge in [0.25, 0.3) is 5.91 Å². The third-order valence-electron chi connectivity index (χ3n) is 2.32. The second-order valence-electron chi connectivity index (χ2n) is 3.46. The zero-order chi connectivity index (χ0) is 13.8. The van der Waals surface area contributed by atoms with Gasteiger partial charge in [-0.1, -0.05) is 0 Å². The number of carbonyl (C=O) groups excluding carboxylic acids is 2. The van der Waals surface area contributed by atoms with Crippen LogP contribution in [0.15, 0.2) is 22.9 Å². The van der Waals surface area contributed by atoms with Crippen molar-refractivity contribution in [2.75, 3.05) is 19.5 Å². The lowest BCUT2D eigenvalue weighted by molar-refractivity contribution is 0.0607. The normalized spacial score (nSPS) is 10.0. The minimum atomic E-state index is -0.464. The average molecular weight is 297 g/mol. The van der Waals surface area contributed by atoms with Crippen LogP contribution in [0.3, 0.4) is 0 Å². The van der Waals surface area contributed by atoms with Gasteiger partial charge in [0.15, 0.2) is 0 Å². The van der Waals surface area contributed by atoms with Crippen LogP contribution in [0.2, 0.25) is 0 Å². The SMILES string of the molecule is COC(=O)c1sccc1NC(=O)c1cc(OC)cs1. The lowest BCUT2D eigenvalue weighted by Gasteiger charge is -2.03. The van der Waals surface area contributed by atoms with E-state index in [0.717, 1.165) is 0 Å². The molecule has 0 aliphatic carbocycles. The Bertz CT molecular complexity index is 602.